The molecule has 1 atom stereocenters. The van der Waals surface area contributed by atoms with Crippen LogP contribution >= 0.6 is 11.6 Å². The molecule has 4 nitrogen and oxygen atoms in total. The lowest BCUT2D eigenvalue weighted by Gasteiger charge is -2.37. The predicted molar refractivity (Wildman–Crippen MR) is 120 cm³/mol. The van der Waals surface area contributed by atoms with E-state index in [0.29, 0.717) is 5.92 Å². The Labute approximate surface area is 179 Å². The second kappa shape index (κ2) is 10.2. The Hall–Kier alpha value is -1.88. The van der Waals surface area contributed by atoms with Crippen molar-refractivity contribution in [2.45, 2.75) is 33.4 Å². The molecule has 1 heterocycles. The summed E-state index contributed by atoms with van der Waals surface area (Å²) in [6, 6.07) is 16.0. The number of nitrogens with zero attached hydrogens (tertiary/aromatic N) is 2. The van der Waals surface area contributed by atoms with Crippen molar-refractivity contribution in [3.8, 4) is 0 Å². The number of halogens is 1. The van der Waals surface area contributed by atoms with Crippen LogP contribution in [0.25, 0.3) is 0 Å². The van der Waals surface area contributed by atoms with Crippen LogP contribution in [0.4, 0.5) is 0 Å². The molecular weight excluding hydrogens is 382 g/mol. The number of carbonyl (C=O) groups is 1. The van der Waals surface area contributed by atoms with Crippen LogP contribution in [0, 0.1) is 12.8 Å². The average molecular weight is 414 g/mol. The molecule has 1 fully saturated rings. The smallest absolute Gasteiger partial charge is 0.251 e. The first-order chi connectivity index (χ1) is 13.9. The van der Waals surface area contributed by atoms with Gasteiger partial charge in [0, 0.05) is 55.9 Å². The first-order valence-corrected chi connectivity index (χ1v) is 10.8. The Morgan fingerprint density at radius 1 is 0.966 bits per heavy atom. The zero-order valence-corrected chi connectivity index (χ0v) is 18.5. The molecule has 0 bridgehead atoms. The molecule has 1 amide bonds. The maximum Gasteiger partial charge on any atom is 0.251 e. The van der Waals surface area contributed by atoms with Gasteiger partial charge in [0.05, 0.1) is 0 Å². The summed E-state index contributed by atoms with van der Waals surface area (Å²) in [6.45, 7) is 12.4. The van der Waals surface area contributed by atoms with Gasteiger partial charge in [-0.25, -0.2) is 0 Å². The average Bonchev–Trinajstić information content (AvgIpc) is 2.71. The van der Waals surface area contributed by atoms with Gasteiger partial charge in [0.25, 0.3) is 5.91 Å². The highest BCUT2D eigenvalue weighted by molar-refractivity contribution is 6.30. The molecule has 1 N–H and O–H groups in total. The highest BCUT2D eigenvalue weighted by Crippen LogP contribution is 2.14. The molecule has 1 aliphatic rings. The highest BCUT2D eigenvalue weighted by atomic mass is 35.5. The largest absolute Gasteiger partial charge is 0.348 e. The minimum Gasteiger partial charge on any atom is -0.348 e. The van der Waals surface area contributed by atoms with Gasteiger partial charge in [0.2, 0.25) is 0 Å². The molecule has 0 aromatic heterocycles. The Morgan fingerprint density at radius 3 is 2.14 bits per heavy atom. The van der Waals surface area contributed by atoms with Gasteiger partial charge in [0.15, 0.2) is 0 Å². The summed E-state index contributed by atoms with van der Waals surface area (Å²) in [5, 5.41) is 4.03. The van der Waals surface area contributed by atoms with E-state index in [2.05, 4.69) is 41.1 Å². The number of amides is 1. The molecule has 5 heteroatoms. The standard InChI is InChI=1S/C24H32ClN3O/c1-18(2)23(26-24(29)21-8-4-19(3)5-9-21)17-28-14-12-27(13-15-28)16-20-6-10-22(25)11-7-20/h4-11,18,23H,12-17H2,1-3H3,(H,26,29)/t23-/m1/s1. The van der Waals surface area contributed by atoms with Crippen LogP contribution in [-0.2, 0) is 6.54 Å². The van der Waals surface area contributed by atoms with Crippen molar-refractivity contribution in [3.05, 3.63) is 70.2 Å². The third-order valence-corrected chi connectivity index (χ3v) is 5.93. The number of hydrogen-bond acceptors (Lipinski definition) is 3. The van der Waals surface area contributed by atoms with Gasteiger partial charge in [-0.05, 0) is 42.7 Å². The van der Waals surface area contributed by atoms with E-state index in [4.69, 9.17) is 11.6 Å². The lowest BCUT2D eigenvalue weighted by atomic mass is 10.0. The lowest BCUT2D eigenvalue weighted by molar-refractivity contribution is 0.0862. The lowest BCUT2D eigenvalue weighted by Crippen LogP contribution is -2.52. The monoisotopic (exact) mass is 413 g/mol. The molecule has 2 aromatic rings. The van der Waals surface area contributed by atoms with Gasteiger partial charge in [-0.1, -0.05) is 55.3 Å². The number of carbonyl (C=O) groups excluding carboxylic acids is 1. The third-order valence-electron chi connectivity index (χ3n) is 5.67. The Balaban J connectivity index is 1.49. The number of rotatable bonds is 7. The van der Waals surface area contributed by atoms with Crippen LogP contribution in [0.5, 0.6) is 0 Å². The maximum atomic E-state index is 12.6. The summed E-state index contributed by atoms with van der Waals surface area (Å²) in [5.74, 6) is 0.404. The van der Waals surface area contributed by atoms with E-state index in [1.54, 1.807) is 0 Å². The van der Waals surface area contributed by atoms with E-state index < -0.39 is 0 Å². The molecular formula is C24H32ClN3O. The predicted octanol–water partition coefficient (Wildman–Crippen LogP) is 4.22. The van der Waals surface area contributed by atoms with Crippen molar-refractivity contribution < 1.29 is 4.79 Å². The molecule has 0 spiro atoms. The SMILES string of the molecule is Cc1ccc(C(=O)N[C@H](CN2CCN(Cc3ccc(Cl)cc3)CC2)C(C)C)cc1. The van der Waals surface area contributed by atoms with Gasteiger partial charge in [-0.15, -0.1) is 0 Å². The van der Waals surface area contributed by atoms with E-state index >= 15 is 0 Å². The summed E-state index contributed by atoms with van der Waals surface area (Å²) >= 11 is 5.98. The van der Waals surface area contributed by atoms with Crippen LogP contribution in [0.15, 0.2) is 48.5 Å². The van der Waals surface area contributed by atoms with Crippen molar-refractivity contribution >= 4 is 17.5 Å². The molecule has 0 saturated carbocycles. The molecule has 3 rings (SSSR count). The van der Waals surface area contributed by atoms with Crippen molar-refractivity contribution in [1.82, 2.24) is 15.1 Å². The molecule has 1 aliphatic heterocycles. The maximum absolute atomic E-state index is 12.6. The molecule has 0 radical (unpaired) electrons. The second-order valence-electron chi connectivity index (χ2n) is 8.39. The van der Waals surface area contributed by atoms with E-state index in [-0.39, 0.29) is 11.9 Å². The van der Waals surface area contributed by atoms with Crippen LogP contribution in [0.2, 0.25) is 5.02 Å². The quantitative estimate of drug-likeness (QED) is 0.738. The van der Waals surface area contributed by atoms with E-state index in [0.717, 1.165) is 49.9 Å². The van der Waals surface area contributed by atoms with Gasteiger partial charge >= 0.3 is 0 Å². The van der Waals surface area contributed by atoms with Crippen LogP contribution < -0.4 is 5.32 Å². The minimum absolute atomic E-state index is 0.0186. The molecule has 0 unspecified atom stereocenters. The number of hydrogen-bond donors (Lipinski definition) is 1. The highest BCUT2D eigenvalue weighted by Gasteiger charge is 2.23. The van der Waals surface area contributed by atoms with Gasteiger partial charge in [-0.3, -0.25) is 14.6 Å². The number of piperazine rings is 1. The molecule has 156 valence electrons. The summed E-state index contributed by atoms with van der Waals surface area (Å²) in [5.41, 5.74) is 3.20. The van der Waals surface area contributed by atoms with E-state index in [1.165, 1.54) is 11.1 Å². The van der Waals surface area contributed by atoms with Crippen molar-refractivity contribution in [2.75, 3.05) is 32.7 Å². The zero-order chi connectivity index (χ0) is 20.8. The van der Waals surface area contributed by atoms with Crippen LogP contribution in [0.1, 0.15) is 35.3 Å². The van der Waals surface area contributed by atoms with Crippen LogP contribution in [0.3, 0.4) is 0 Å². The fourth-order valence-corrected chi connectivity index (χ4v) is 3.76. The van der Waals surface area contributed by atoms with E-state index in [1.807, 2.05) is 43.3 Å². The zero-order valence-electron chi connectivity index (χ0n) is 17.7. The van der Waals surface area contributed by atoms with Gasteiger partial charge < -0.3 is 5.32 Å². The minimum atomic E-state index is 0.0186. The summed E-state index contributed by atoms with van der Waals surface area (Å²) < 4.78 is 0. The number of benzene rings is 2. The van der Waals surface area contributed by atoms with Gasteiger partial charge in [-0.2, -0.15) is 0 Å². The summed E-state index contributed by atoms with van der Waals surface area (Å²) in [6.07, 6.45) is 0. The molecule has 0 aliphatic carbocycles. The van der Waals surface area contributed by atoms with Crippen molar-refractivity contribution in [1.29, 1.82) is 0 Å². The van der Waals surface area contributed by atoms with Crippen molar-refractivity contribution in [3.63, 3.8) is 0 Å². The fraction of sp³-hybridized carbons (Fsp3) is 0.458. The second-order valence-corrected chi connectivity index (χ2v) is 8.83. The third kappa shape index (κ3) is 6.56. The molecule has 2 aromatic carbocycles. The van der Waals surface area contributed by atoms with E-state index in [9.17, 15) is 4.79 Å². The summed E-state index contributed by atoms with van der Waals surface area (Å²) in [4.78, 5) is 17.6. The fourth-order valence-electron chi connectivity index (χ4n) is 3.64. The normalized spacial score (nSPS) is 16.7. The topological polar surface area (TPSA) is 35.6 Å². The first-order valence-electron chi connectivity index (χ1n) is 10.5. The summed E-state index contributed by atoms with van der Waals surface area (Å²) in [7, 11) is 0. The first kappa shape index (κ1) is 21.8. The van der Waals surface area contributed by atoms with Crippen molar-refractivity contribution in [2.24, 2.45) is 5.92 Å². The van der Waals surface area contributed by atoms with Crippen LogP contribution in [-0.4, -0.2) is 54.5 Å². The van der Waals surface area contributed by atoms with Gasteiger partial charge in [0.1, 0.15) is 0 Å². The Morgan fingerprint density at radius 2 is 1.55 bits per heavy atom. The Bertz CT molecular complexity index is 781. The molecule has 1 saturated heterocycles. The molecule has 29 heavy (non-hydrogen) atoms. The number of aryl methyl sites for hydroxylation is 1. The Kier molecular flexibility index (Phi) is 7.70. The number of nitrogens with one attached hydrogen (secondary N) is 1.